The van der Waals surface area contributed by atoms with Crippen LogP contribution >= 0.6 is 23.2 Å². The van der Waals surface area contributed by atoms with E-state index in [1.807, 2.05) is 33.7 Å². The highest BCUT2D eigenvalue weighted by Gasteiger charge is 2.25. The van der Waals surface area contributed by atoms with Gasteiger partial charge in [-0.05, 0) is 49.1 Å². The van der Waals surface area contributed by atoms with E-state index in [1.165, 1.54) is 11.3 Å². The summed E-state index contributed by atoms with van der Waals surface area (Å²) in [5.41, 5.74) is 6.25. The molecular formula is C30H33Cl2N7O. The number of nitrogens with zero attached hydrogens (tertiary/aromatic N) is 6. The largest absolute Gasteiger partial charge is 0.371 e. The van der Waals surface area contributed by atoms with Crippen molar-refractivity contribution >= 4 is 51.9 Å². The number of aromatic nitrogens is 3. The third-order valence-electron chi connectivity index (χ3n) is 7.78. The first-order valence-electron chi connectivity index (χ1n) is 13.9. The van der Waals surface area contributed by atoms with E-state index in [4.69, 9.17) is 28.2 Å². The molecule has 0 unspecified atom stereocenters. The van der Waals surface area contributed by atoms with Crippen molar-refractivity contribution in [2.24, 2.45) is 0 Å². The fourth-order valence-corrected chi connectivity index (χ4v) is 6.45. The molecule has 0 bridgehead atoms. The summed E-state index contributed by atoms with van der Waals surface area (Å²) in [6, 6.07) is 12.6. The highest BCUT2D eigenvalue weighted by Crippen LogP contribution is 2.35. The number of benzene rings is 1. The molecular weight excluding hydrogens is 545 g/mol. The Bertz CT molecular complexity index is 1510. The zero-order valence-electron chi connectivity index (χ0n) is 22.6. The highest BCUT2D eigenvalue weighted by atomic mass is 35.5. The number of aryl methyl sites for hydroxylation is 1. The Labute approximate surface area is 244 Å². The molecule has 0 saturated carbocycles. The number of pyridine rings is 2. The van der Waals surface area contributed by atoms with Gasteiger partial charge in [0.2, 0.25) is 5.91 Å². The Morgan fingerprint density at radius 3 is 2.60 bits per heavy atom. The number of carbonyl (C=O) groups is 1. The van der Waals surface area contributed by atoms with E-state index in [-0.39, 0.29) is 12.5 Å². The van der Waals surface area contributed by atoms with Crippen molar-refractivity contribution < 1.29 is 4.79 Å². The van der Waals surface area contributed by atoms with E-state index in [2.05, 4.69) is 45.2 Å². The summed E-state index contributed by atoms with van der Waals surface area (Å²) < 4.78 is 2.02. The molecule has 2 aliphatic heterocycles. The second-order valence-corrected chi connectivity index (χ2v) is 11.2. The molecule has 1 saturated heterocycles. The van der Waals surface area contributed by atoms with Crippen LogP contribution < -0.4 is 15.1 Å². The normalized spacial score (nSPS) is 15.4. The Hall–Kier alpha value is -3.49. The lowest BCUT2D eigenvalue weighted by molar-refractivity contribution is -0.129. The molecule has 2 aliphatic rings. The van der Waals surface area contributed by atoms with E-state index in [0.717, 1.165) is 60.8 Å². The van der Waals surface area contributed by atoms with E-state index < -0.39 is 0 Å². The maximum atomic E-state index is 13.3. The topological polar surface area (TPSA) is 69.0 Å². The maximum absolute atomic E-state index is 13.3. The molecule has 10 heteroatoms. The summed E-state index contributed by atoms with van der Waals surface area (Å²) in [6.07, 6.45) is 8.55. The Balaban J connectivity index is 1.19. The third-order valence-corrected chi connectivity index (χ3v) is 8.33. The van der Waals surface area contributed by atoms with E-state index in [9.17, 15) is 4.79 Å². The van der Waals surface area contributed by atoms with Gasteiger partial charge in [0.15, 0.2) is 0 Å². The number of halogens is 2. The number of nitrogens with one attached hydrogen (secondary N) is 1. The average Bonchev–Trinajstić information content (AvgIpc) is 3.35. The molecule has 3 aromatic heterocycles. The number of fused-ring (bicyclic) bond motifs is 2. The molecule has 1 aromatic carbocycles. The minimum absolute atomic E-state index is 0.0454. The molecule has 1 fully saturated rings. The predicted octanol–water partition coefficient (Wildman–Crippen LogP) is 5.63. The van der Waals surface area contributed by atoms with Gasteiger partial charge in [-0.2, -0.15) is 0 Å². The molecule has 1 N–H and O–H groups in total. The van der Waals surface area contributed by atoms with Crippen molar-refractivity contribution in [1.29, 1.82) is 0 Å². The molecule has 208 valence electrons. The van der Waals surface area contributed by atoms with Crippen LogP contribution in [-0.4, -0.2) is 71.0 Å². The summed E-state index contributed by atoms with van der Waals surface area (Å²) in [5.74, 6) is 0.878. The number of hydrogen-bond donors (Lipinski definition) is 1. The summed E-state index contributed by atoms with van der Waals surface area (Å²) in [7, 11) is 0. The van der Waals surface area contributed by atoms with Crippen LogP contribution in [0.5, 0.6) is 0 Å². The van der Waals surface area contributed by atoms with Gasteiger partial charge in [-0.1, -0.05) is 42.3 Å². The van der Waals surface area contributed by atoms with Crippen LogP contribution in [0, 0.1) is 0 Å². The van der Waals surface area contributed by atoms with Crippen molar-refractivity contribution in [3.05, 3.63) is 70.6 Å². The van der Waals surface area contributed by atoms with Crippen molar-refractivity contribution in [1.82, 2.24) is 19.3 Å². The smallest absolute Gasteiger partial charge is 0.242 e. The van der Waals surface area contributed by atoms with Crippen LogP contribution in [-0.2, 0) is 11.2 Å². The first-order chi connectivity index (χ1) is 19.5. The van der Waals surface area contributed by atoms with Gasteiger partial charge in [0.25, 0.3) is 0 Å². The fraction of sp³-hybridized carbons (Fsp3) is 0.367. The van der Waals surface area contributed by atoms with E-state index >= 15 is 0 Å². The first-order valence-corrected chi connectivity index (χ1v) is 14.7. The maximum Gasteiger partial charge on any atom is 0.242 e. The van der Waals surface area contributed by atoms with Crippen molar-refractivity contribution in [2.45, 2.75) is 26.2 Å². The summed E-state index contributed by atoms with van der Waals surface area (Å²) in [5, 5.41) is 4.48. The lowest BCUT2D eigenvalue weighted by atomic mass is 9.98. The first kappa shape index (κ1) is 26.7. The minimum atomic E-state index is 0.0454. The number of rotatable bonds is 7. The van der Waals surface area contributed by atoms with Crippen LogP contribution in [0.3, 0.4) is 0 Å². The van der Waals surface area contributed by atoms with Gasteiger partial charge in [-0.15, -0.1) is 0 Å². The molecule has 40 heavy (non-hydrogen) atoms. The van der Waals surface area contributed by atoms with Gasteiger partial charge in [0.1, 0.15) is 17.2 Å². The van der Waals surface area contributed by atoms with E-state index in [0.29, 0.717) is 36.2 Å². The fourth-order valence-electron chi connectivity index (χ4n) is 5.85. The molecule has 0 atom stereocenters. The zero-order chi connectivity index (χ0) is 27.6. The van der Waals surface area contributed by atoms with Crippen molar-refractivity contribution in [3.8, 4) is 11.3 Å². The van der Waals surface area contributed by atoms with Crippen molar-refractivity contribution in [2.75, 3.05) is 60.9 Å². The Morgan fingerprint density at radius 1 is 1.02 bits per heavy atom. The monoisotopic (exact) mass is 577 g/mol. The number of hydrogen-bond acceptors (Lipinski definition) is 6. The number of amides is 1. The third kappa shape index (κ3) is 5.18. The standard InChI is InChI=1S/C30H33Cl2N7O/c1-2-10-36-11-5-6-21-17-22(8-9-25(21)36)28-30(39-12-4-3-7-26(39)35-28)34-20-27(40)37-13-15-38(16-14-37)29-23(31)18-33-19-24(29)32/h3-4,7-9,12,17-19,34H,2,5-6,10-11,13-16,20H2,1H3. The van der Waals surface area contributed by atoms with Gasteiger partial charge >= 0.3 is 0 Å². The molecule has 0 aliphatic carbocycles. The minimum Gasteiger partial charge on any atom is -0.371 e. The number of carbonyl (C=O) groups excluding carboxylic acids is 1. The lowest BCUT2D eigenvalue weighted by Gasteiger charge is -2.36. The molecule has 4 aromatic rings. The number of piperazine rings is 1. The predicted molar refractivity (Wildman–Crippen MR) is 163 cm³/mol. The van der Waals surface area contributed by atoms with Gasteiger partial charge in [-0.3, -0.25) is 14.2 Å². The molecule has 8 nitrogen and oxygen atoms in total. The SMILES string of the molecule is CCCN1CCCc2cc(-c3nc4ccccn4c3NCC(=O)N3CCN(c4c(Cl)cncc4Cl)CC3)ccc21. The molecule has 1 amide bonds. The van der Waals surface area contributed by atoms with Crippen LogP contribution in [0.4, 0.5) is 17.2 Å². The molecule has 5 heterocycles. The van der Waals surface area contributed by atoms with Crippen molar-refractivity contribution in [3.63, 3.8) is 0 Å². The summed E-state index contributed by atoms with van der Waals surface area (Å²) >= 11 is 12.7. The zero-order valence-corrected chi connectivity index (χ0v) is 24.1. The summed E-state index contributed by atoms with van der Waals surface area (Å²) in [4.78, 5) is 28.8. The molecule has 0 radical (unpaired) electrons. The quantitative estimate of drug-likeness (QED) is 0.307. The van der Waals surface area contributed by atoms with Crippen LogP contribution in [0.25, 0.3) is 16.9 Å². The second-order valence-electron chi connectivity index (χ2n) is 10.3. The van der Waals surface area contributed by atoms with Gasteiger partial charge in [0, 0.05) is 69.1 Å². The Morgan fingerprint density at radius 2 is 1.82 bits per heavy atom. The van der Waals surface area contributed by atoms with Gasteiger partial charge in [0.05, 0.1) is 22.3 Å². The average molecular weight is 579 g/mol. The Kier molecular flexibility index (Phi) is 7.71. The van der Waals surface area contributed by atoms with Crippen LogP contribution in [0.15, 0.2) is 55.0 Å². The van der Waals surface area contributed by atoms with Crippen LogP contribution in [0.1, 0.15) is 25.3 Å². The lowest BCUT2D eigenvalue weighted by Crippen LogP contribution is -2.50. The van der Waals surface area contributed by atoms with Crippen LogP contribution in [0.2, 0.25) is 10.0 Å². The number of imidazole rings is 1. The summed E-state index contributed by atoms with van der Waals surface area (Å²) in [6.45, 7) is 7.09. The van der Waals surface area contributed by atoms with Gasteiger partial charge in [-0.25, -0.2) is 4.98 Å². The molecule has 0 spiro atoms. The van der Waals surface area contributed by atoms with E-state index in [1.54, 1.807) is 12.4 Å². The number of anilines is 3. The highest BCUT2D eigenvalue weighted by molar-refractivity contribution is 6.38. The van der Waals surface area contributed by atoms with Gasteiger partial charge < -0.3 is 20.0 Å². The second kappa shape index (κ2) is 11.6. The molecule has 6 rings (SSSR count).